The lowest BCUT2D eigenvalue weighted by Crippen LogP contribution is -2.25. The molecule has 0 radical (unpaired) electrons. The molecule has 0 aromatic rings. The summed E-state index contributed by atoms with van der Waals surface area (Å²) in [5.74, 6) is -4.68. The van der Waals surface area contributed by atoms with Crippen molar-refractivity contribution in [2.45, 2.75) is 89.3 Å². The molecule has 0 atom stereocenters. The van der Waals surface area contributed by atoms with Crippen LogP contribution >= 0.6 is 0 Å². The van der Waals surface area contributed by atoms with Crippen LogP contribution in [0.4, 0.5) is 0 Å². The molecule has 2 N–H and O–H groups in total. The van der Waals surface area contributed by atoms with Crippen LogP contribution < -0.4 is 0 Å². The molecular weight excluding hydrogens is 368 g/mol. The highest BCUT2D eigenvalue weighted by Crippen LogP contribution is 2.24. The first-order valence-corrected chi connectivity index (χ1v) is 9.94. The molecule has 0 aromatic heterocycles. The number of ether oxygens (including phenoxy) is 2. The van der Waals surface area contributed by atoms with Crippen molar-refractivity contribution in [1.82, 2.24) is 0 Å². The van der Waals surface area contributed by atoms with Crippen LogP contribution in [-0.2, 0) is 28.7 Å². The molecule has 2 aliphatic carbocycles. The van der Waals surface area contributed by atoms with E-state index in [2.05, 4.69) is 0 Å². The summed E-state index contributed by atoms with van der Waals surface area (Å²) in [7, 11) is 0. The maximum Gasteiger partial charge on any atom is 0.332 e. The van der Waals surface area contributed by atoms with Gasteiger partial charge < -0.3 is 19.7 Å². The van der Waals surface area contributed by atoms with E-state index in [1.54, 1.807) is 0 Å². The lowest BCUT2D eigenvalue weighted by atomic mass is 9.97. The minimum atomic E-state index is -1.55. The molecule has 28 heavy (non-hydrogen) atoms. The molecule has 0 bridgehead atoms. The Morgan fingerprint density at radius 2 is 0.929 bits per heavy atom. The molecule has 2 fully saturated rings. The molecular formula is C20H28O8. The predicted molar refractivity (Wildman–Crippen MR) is 97.5 cm³/mol. The first-order valence-electron chi connectivity index (χ1n) is 9.94. The van der Waals surface area contributed by atoms with Crippen LogP contribution in [0.5, 0.6) is 0 Å². The van der Waals surface area contributed by atoms with Gasteiger partial charge in [-0.3, -0.25) is 9.59 Å². The minimum Gasteiger partial charge on any atom is -0.478 e. The zero-order valence-electron chi connectivity index (χ0n) is 16.0. The predicted octanol–water partition coefficient (Wildman–Crippen LogP) is 2.98. The van der Waals surface area contributed by atoms with Gasteiger partial charge in [-0.05, 0) is 51.4 Å². The van der Waals surface area contributed by atoms with Gasteiger partial charge in [0.05, 0.1) is 24.0 Å². The van der Waals surface area contributed by atoms with Crippen LogP contribution in [0.25, 0.3) is 0 Å². The summed E-state index contributed by atoms with van der Waals surface area (Å²) in [6.45, 7) is 0. The smallest absolute Gasteiger partial charge is 0.332 e. The molecule has 0 amide bonds. The molecule has 8 heteroatoms. The Morgan fingerprint density at radius 3 is 1.21 bits per heavy atom. The summed E-state index contributed by atoms with van der Waals surface area (Å²) in [6.07, 6.45) is 6.86. The largest absolute Gasteiger partial charge is 0.478 e. The summed E-state index contributed by atoms with van der Waals surface area (Å²) in [5, 5.41) is 18.8. The van der Waals surface area contributed by atoms with Crippen molar-refractivity contribution in [3.63, 3.8) is 0 Å². The zero-order valence-corrected chi connectivity index (χ0v) is 16.0. The van der Waals surface area contributed by atoms with Gasteiger partial charge in [0.15, 0.2) is 0 Å². The summed E-state index contributed by atoms with van der Waals surface area (Å²) in [5.41, 5.74) is -1.26. The Labute approximate surface area is 163 Å². The van der Waals surface area contributed by atoms with Gasteiger partial charge in [-0.2, -0.15) is 0 Å². The maximum absolute atomic E-state index is 12.1. The molecule has 0 spiro atoms. The Kier molecular flexibility index (Phi) is 8.47. The molecule has 0 aliphatic heterocycles. The van der Waals surface area contributed by atoms with Crippen molar-refractivity contribution in [2.75, 3.05) is 0 Å². The highest BCUT2D eigenvalue weighted by molar-refractivity contribution is 6.04. The average molecular weight is 396 g/mol. The number of carbonyl (C=O) groups is 4. The number of carboxylic acids is 2. The van der Waals surface area contributed by atoms with Crippen molar-refractivity contribution >= 4 is 23.9 Å². The monoisotopic (exact) mass is 396 g/mol. The van der Waals surface area contributed by atoms with Crippen LogP contribution in [0, 0.1) is 0 Å². The van der Waals surface area contributed by atoms with E-state index in [4.69, 9.17) is 9.47 Å². The van der Waals surface area contributed by atoms with Crippen LogP contribution in [0.15, 0.2) is 11.1 Å². The molecule has 2 rings (SSSR count). The molecule has 2 aliphatic rings. The standard InChI is InChI=1S/C20H28O8/c21-17(27-13-7-3-1-4-8-13)11-15(19(23)24)16(20(25)26)12-18(22)28-14-9-5-2-6-10-14/h13-14H,1-12H2,(H,23,24)(H,25,26)/b16-15+. The first-order chi connectivity index (χ1) is 13.4. The summed E-state index contributed by atoms with van der Waals surface area (Å²) >= 11 is 0. The Hall–Kier alpha value is -2.38. The van der Waals surface area contributed by atoms with Gasteiger partial charge in [0.1, 0.15) is 12.2 Å². The van der Waals surface area contributed by atoms with Gasteiger partial charge in [-0.15, -0.1) is 0 Å². The number of hydrogen-bond acceptors (Lipinski definition) is 6. The minimum absolute atomic E-state index is 0.263. The second-order valence-corrected chi connectivity index (χ2v) is 7.42. The Balaban J connectivity index is 2.04. The fourth-order valence-corrected chi connectivity index (χ4v) is 3.73. The Morgan fingerprint density at radius 1 is 0.607 bits per heavy atom. The lowest BCUT2D eigenvalue weighted by Gasteiger charge is -2.22. The molecule has 2 saturated carbocycles. The van der Waals surface area contributed by atoms with E-state index in [1.807, 2.05) is 0 Å². The Bertz CT molecular complexity index is 570. The van der Waals surface area contributed by atoms with E-state index >= 15 is 0 Å². The van der Waals surface area contributed by atoms with Crippen LogP contribution in [0.3, 0.4) is 0 Å². The van der Waals surface area contributed by atoms with E-state index in [1.165, 1.54) is 0 Å². The highest BCUT2D eigenvalue weighted by atomic mass is 16.5. The van der Waals surface area contributed by atoms with E-state index in [9.17, 15) is 29.4 Å². The zero-order chi connectivity index (χ0) is 20.5. The number of esters is 2. The second-order valence-electron chi connectivity index (χ2n) is 7.42. The van der Waals surface area contributed by atoms with E-state index in [0.717, 1.165) is 64.2 Å². The SMILES string of the molecule is O=C(C/C(C(=O)O)=C(/CC(=O)OC1CCCCC1)C(=O)O)OC1CCCCC1. The fourth-order valence-electron chi connectivity index (χ4n) is 3.73. The third-order valence-corrected chi connectivity index (χ3v) is 5.22. The molecule has 156 valence electrons. The van der Waals surface area contributed by atoms with Crippen LogP contribution in [0.2, 0.25) is 0 Å². The first kappa shape index (κ1) is 21.9. The average Bonchev–Trinajstić information content (AvgIpc) is 2.65. The van der Waals surface area contributed by atoms with Gasteiger partial charge in [-0.1, -0.05) is 12.8 Å². The van der Waals surface area contributed by atoms with Crippen molar-refractivity contribution in [1.29, 1.82) is 0 Å². The van der Waals surface area contributed by atoms with Crippen molar-refractivity contribution in [3.8, 4) is 0 Å². The molecule has 0 saturated heterocycles. The van der Waals surface area contributed by atoms with Crippen molar-refractivity contribution in [3.05, 3.63) is 11.1 Å². The third-order valence-electron chi connectivity index (χ3n) is 5.22. The van der Waals surface area contributed by atoms with E-state index < -0.39 is 47.9 Å². The number of rotatable bonds is 8. The molecule has 0 heterocycles. The molecule has 0 aromatic carbocycles. The van der Waals surface area contributed by atoms with Crippen molar-refractivity contribution < 1.29 is 38.9 Å². The van der Waals surface area contributed by atoms with Crippen molar-refractivity contribution in [2.24, 2.45) is 0 Å². The highest BCUT2D eigenvalue weighted by Gasteiger charge is 2.28. The number of aliphatic carboxylic acids is 2. The lowest BCUT2D eigenvalue weighted by molar-refractivity contribution is -0.152. The van der Waals surface area contributed by atoms with Gasteiger partial charge in [-0.25, -0.2) is 9.59 Å². The normalized spacial score (nSPS) is 19.4. The van der Waals surface area contributed by atoms with Gasteiger partial charge in [0, 0.05) is 0 Å². The van der Waals surface area contributed by atoms with E-state index in [0.29, 0.717) is 0 Å². The maximum atomic E-state index is 12.1. The second kappa shape index (κ2) is 10.8. The van der Waals surface area contributed by atoms with Crippen LogP contribution in [0.1, 0.15) is 77.0 Å². The van der Waals surface area contributed by atoms with E-state index in [-0.39, 0.29) is 12.2 Å². The number of hydrogen-bond donors (Lipinski definition) is 2. The van der Waals surface area contributed by atoms with Gasteiger partial charge in [0.2, 0.25) is 0 Å². The quantitative estimate of drug-likeness (QED) is 0.473. The summed E-state index contributed by atoms with van der Waals surface area (Å²) in [6, 6.07) is 0. The fraction of sp³-hybridized carbons (Fsp3) is 0.700. The topological polar surface area (TPSA) is 127 Å². The number of carbonyl (C=O) groups excluding carboxylic acids is 2. The molecule has 0 unspecified atom stereocenters. The number of carboxylic acid groups (broad SMARTS) is 2. The summed E-state index contributed by atoms with van der Waals surface area (Å²) < 4.78 is 10.6. The third kappa shape index (κ3) is 6.98. The van der Waals surface area contributed by atoms with Gasteiger partial charge >= 0.3 is 23.9 Å². The van der Waals surface area contributed by atoms with Crippen LogP contribution in [-0.4, -0.2) is 46.3 Å². The van der Waals surface area contributed by atoms with Gasteiger partial charge in [0.25, 0.3) is 0 Å². The summed E-state index contributed by atoms with van der Waals surface area (Å²) in [4.78, 5) is 47.4. The molecule has 8 nitrogen and oxygen atoms in total.